The normalized spacial score (nSPS) is 24.9. The van der Waals surface area contributed by atoms with E-state index in [-0.39, 0.29) is 36.0 Å². The molecule has 2 aliphatic heterocycles. The van der Waals surface area contributed by atoms with Crippen molar-refractivity contribution >= 4 is 15.7 Å². The van der Waals surface area contributed by atoms with E-state index >= 15 is 0 Å². The monoisotopic (exact) mass is 380 g/mol. The summed E-state index contributed by atoms with van der Waals surface area (Å²) in [7, 11) is -3.18. The van der Waals surface area contributed by atoms with Crippen molar-refractivity contribution in [3.05, 3.63) is 40.6 Å². The molecule has 0 aliphatic carbocycles. The first-order valence-corrected chi connectivity index (χ1v) is 10.5. The van der Waals surface area contributed by atoms with Crippen LogP contribution in [0.2, 0.25) is 0 Å². The smallest absolute Gasteiger partial charge is 0.334 e. The first kappa shape index (κ1) is 18.8. The minimum atomic E-state index is -3.18. The highest BCUT2D eigenvalue weighted by atomic mass is 32.2. The second-order valence-electron chi connectivity index (χ2n) is 7.11. The molecule has 0 N–H and O–H groups in total. The minimum Gasteiger partial charge on any atom is -0.334 e. The Bertz CT molecular complexity index is 873. The fourth-order valence-electron chi connectivity index (χ4n) is 3.60. The van der Waals surface area contributed by atoms with Crippen LogP contribution in [0.3, 0.4) is 0 Å². The molecular formula is C17H24N4O4S. The van der Waals surface area contributed by atoms with E-state index in [4.69, 9.17) is 0 Å². The van der Waals surface area contributed by atoms with Crippen molar-refractivity contribution in [3.63, 3.8) is 0 Å². The van der Waals surface area contributed by atoms with Crippen LogP contribution in [-0.4, -0.2) is 76.9 Å². The van der Waals surface area contributed by atoms with Gasteiger partial charge < -0.3 is 4.90 Å². The molecule has 0 spiro atoms. The molecule has 1 amide bonds. The Hall–Kier alpha value is -2.00. The Morgan fingerprint density at radius 2 is 2.00 bits per heavy atom. The molecule has 0 aromatic carbocycles. The van der Waals surface area contributed by atoms with Gasteiger partial charge in [-0.05, 0) is 19.9 Å². The van der Waals surface area contributed by atoms with E-state index in [1.54, 1.807) is 11.0 Å². The molecule has 2 saturated heterocycles. The number of allylic oxidation sites excluding steroid dienone is 1. The van der Waals surface area contributed by atoms with Gasteiger partial charge in [-0.1, -0.05) is 11.6 Å². The van der Waals surface area contributed by atoms with Crippen molar-refractivity contribution in [1.82, 2.24) is 19.4 Å². The van der Waals surface area contributed by atoms with Gasteiger partial charge in [-0.25, -0.2) is 18.2 Å². The first-order chi connectivity index (χ1) is 12.3. The van der Waals surface area contributed by atoms with Gasteiger partial charge in [0.2, 0.25) is 5.91 Å². The van der Waals surface area contributed by atoms with Crippen LogP contribution in [0.25, 0.3) is 0 Å². The molecule has 0 unspecified atom stereocenters. The van der Waals surface area contributed by atoms with E-state index in [0.29, 0.717) is 19.6 Å². The standard InChI is InChI=1S/C17H24N4O4S/c1-13(2)4-7-19-8-9-21(15-12-26(24,25)11-14(15)19)16(22)10-20-6-3-5-18-17(20)23/h3-6,14-15H,7-12H2,1-2H3/t14-,15+/m0/s1. The molecule has 2 fully saturated rings. The van der Waals surface area contributed by atoms with Crippen LogP contribution in [-0.2, 0) is 21.2 Å². The zero-order chi connectivity index (χ0) is 18.9. The summed E-state index contributed by atoms with van der Waals surface area (Å²) < 4.78 is 25.7. The summed E-state index contributed by atoms with van der Waals surface area (Å²) in [4.78, 5) is 31.9. The van der Waals surface area contributed by atoms with Crippen LogP contribution in [0.1, 0.15) is 13.8 Å². The van der Waals surface area contributed by atoms with Gasteiger partial charge in [0, 0.05) is 38.1 Å². The average molecular weight is 380 g/mol. The SMILES string of the molecule is CC(C)=CCN1CCN(C(=O)Cn2cccnc2=O)[C@@H]2CS(=O)(=O)C[C@@H]21. The molecule has 0 bridgehead atoms. The predicted molar refractivity (Wildman–Crippen MR) is 97.4 cm³/mol. The van der Waals surface area contributed by atoms with Crippen molar-refractivity contribution in [2.45, 2.75) is 32.5 Å². The van der Waals surface area contributed by atoms with E-state index < -0.39 is 15.5 Å². The van der Waals surface area contributed by atoms with Crippen molar-refractivity contribution < 1.29 is 13.2 Å². The van der Waals surface area contributed by atoms with Crippen molar-refractivity contribution in [2.75, 3.05) is 31.1 Å². The third-order valence-electron chi connectivity index (χ3n) is 4.93. The van der Waals surface area contributed by atoms with E-state index in [9.17, 15) is 18.0 Å². The molecule has 1 aromatic heterocycles. The fourth-order valence-corrected chi connectivity index (χ4v) is 5.62. The third-order valence-corrected chi connectivity index (χ3v) is 6.63. The van der Waals surface area contributed by atoms with Crippen LogP contribution in [0, 0.1) is 0 Å². The molecule has 2 atom stereocenters. The summed E-state index contributed by atoms with van der Waals surface area (Å²) in [6, 6.07) is 1.03. The van der Waals surface area contributed by atoms with Gasteiger partial charge in [-0.15, -0.1) is 0 Å². The lowest BCUT2D eigenvalue weighted by Crippen LogP contribution is -2.61. The predicted octanol–water partition coefficient (Wildman–Crippen LogP) is -0.481. The summed E-state index contributed by atoms with van der Waals surface area (Å²) >= 11 is 0. The van der Waals surface area contributed by atoms with Gasteiger partial charge in [0.1, 0.15) is 6.54 Å². The number of nitrogens with zero attached hydrogens (tertiary/aromatic N) is 4. The minimum absolute atomic E-state index is 0.0172. The molecule has 3 rings (SSSR count). The lowest BCUT2D eigenvalue weighted by Gasteiger charge is -2.43. The molecule has 8 nitrogen and oxygen atoms in total. The number of aromatic nitrogens is 2. The molecule has 2 aliphatic rings. The Morgan fingerprint density at radius 1 is 1.27 bits per heavy atom. The zero-order valence-electron chi connectivity index (χ0n) is 15.0. The molecule has 142 valence electrons. The quantitative estimate of drug-likeness (QED) is 0.655. The molecule has 0 saturated carbocycles. The van der Waals surface area contributed by atoms with Gasteiger partial charge in [-0.2, -0.15) is 0 Å². The summed E-state index contributed by atoms with van der Waals surface area (Å²) in [6.07, 6.45) is 4.97. The number of amides is 1. The largest absolute Gasteiger partial charge is 0.347 e. The highest BCUT2D eigenvalue weighted by Crippen LogP contribution is 2.27. The van der Waals surface area contributed by atoms with Gasteiger partial charge in [0.25, 0.3) is 0 Å². The van der Waals surface area contributed by atoms with Crippen LogP contribution in [0.15, 0.2) is 34.9 Å². The van der Waals surface area contributed by atoms with Gasteiger partial charge >= 0.3 is 5.69 Å². The molecule has 1 aromatic rings. The number of hydrogen-bond donors (Lipinski definition) is 0. The fraction of sp³-hybridized carbons (Fsp3) is 0.588. The van der Waals surface area contributed by atoms with Crippen LogP contribution in [0.5, 0.6) is 0 Å². The van der Waals surface area contributed by atoms with Crippen molar-refractivity contribution in [3.8, 4) is 0 Å². The van der Waals surface area contributed by atoms with E-state index in [0.717, 1.165) is 0 Å². The number of hydrogen-bond acceptors (Lipinski definition) is 6. The third kappa shape index (κ3) is 4.04. The zero-order valence-corrected chi connectivity index (χ0v) is 15.9. The molecular weight excluding hydrogens is 356 g/mol. The maximum Gasteiger partial charge on any atom is 0.347 e. The Labute approximate surface area is 153 Å². The van der Waals surface area contributed by atoms with E-state index in [1.165, 1.54) is 22.5 Å². The van der Waals surface area contributed by atoms with E-state index in [1.807, 2.05) is 13.8 Å². The Balaban J connectivity index is 1.79. The van der Waals surface area contributed by atoms with Crippen LogP contribution >= 0.6 is 0 Å². The van der Waals surface area contributed by atoms with Gasteiger partial charge in [0.15, 0.2) is 9.84 Å². The Kier molecular flexibility index (Phi) is 5.29. The molecule has 3 heterocycles. The van der Waals surface area contributed by atoms with E-state index in [2.05, 4.69) is 16.0 Å². The number of carbonyl (C=O) groups is 1. The van der Waals surface area contributed by atoms with Crippen LogP contribution in [0.4, 0.5) is 0 Å². The number of fused-ring (bicyclic) bond motifs is 1. The molecule has 0 radical (unpaired) electrons. The topological polar surface area (TPSA) is 92.6 Å². The summed E-state index contributed by atoms with van der Waals surface area (Å²) in [5.41, 5.74) is 0.690. The van der Waals surface area contributed by atoms with Crippen molar-refractivity contribution in [1.29, 1.82) is 0 Å². The summed E-state index contributed by atoms with van der Waals surface area (Å²) in [6.45, 7) is 5.66. The second-order valence-corrected chi connectivity index (χ2v) is 9.26. The molecule has 26 heavy (non-hydrogen) atoms. The maximum absolute atomic E-state index is 12.8. The maximum atomic E-state index is 12.8. The lowest BCUT2D eigenvalue weighted by atomic mass is 10.0. The average Bonchev–Trinajstić information content (AvgIpc) is 2.89. The summed E-state index contributed by atoms with van der Waals surface area (Å²) in [5.74, 6) is -0.185. The Morgan fingerprint density at radius 3 is 2.69 bits per heavy atom. The highest BCUT2D eigenvalue weighted by Gasteiger charge is 2.47. The number of piperazine rings is 1. The first-order valence-electron chi connectivity index (χ1n) is 8.65. The number of sulfone groups is 1. The lowest BCUT2D eigenvalue weighted by molar-refractivity contribution is -0.137. The highest BCUT2D eigenvalue weighted by molar-refractivity contribution is 7.91. The number of carbonyl (C=O) groups excluding carboxylic acids is 1. The van der Waals surface area contributed by atoms with Gasteiger partial charge in [0.05, 0.1) is 17.5 Å². The van der Waals surface area contributed by atoms with Crippen molar-refractivity contribution in [2.24, 2.45) is 0 Å². The molecule has 9 heteroatoms. The second kappa shape index (κ2) is 7.32. The van der Waals surface area contributed by atoms with Gasteiger partial charge in [-0.3, -0.25) is 14.3 Å². The van der Waals surface area contributed by atoms with Crippen LogP contribution < -0.4 is 5.69 Å². The summed E-state index contributed by atoms with van der Waals surface area (Å²) in [5, 5.41) is 0. The number of rotatable bonds is 4.